The summed E-state index contributed by atoms with van der Waals surface area (Å²) in [5, 5.41) is 2.95. The van der Waals surface area contributed by atoms with Gasteiger partial charge in [0.2, 0.25) is 5.91 Å². The van der Waals surface area contributed by atoms with Crippen LogP contribution >= 0.6 is 0 Å². The van der Waals surface area contributed by atoms with Gasteiger partial charge in [0.15, 0.2) is 0 Å². The number of nitrogens with two attached hydrogens (primary N) is 1. The third-order valence-corrected chi connectivity index (χ3v) is 3.60. The number of ether oxygens (including phenoxy) is 1. The van der Waals surface area contributed by atoms with Crippen LogP contribution in [0.5, 0.6) is 5.75 Å². The standard InChI is InChI=1S/C18H22N2O2/c1-13(15-10-6-7-11-17(15)22-2)20-18(21)16(19)12-14-8-4-3-5-9-14/h3-11,13,16H,12,19H2,1-2H3,(H,20,21). The second-order valence-electron chi connectivity index (χ2n) is 5.27. The summed E-state index contributed by atoms with van der Waals surface area (Å²) in [6.07, 6.45) is 0.519. The molecule has 0 aliphatic carbocycles. The van der Waals surface area contributed by atoms with Crippen LogP contribution in [0.1, 0.15) is 24.1 Å². The van der Waals surface area contributed by atoms with Gasteiger partial charge in [0.05, 0.1) is 19.2 Å². The predicted octanol–water partition coefficient (Wildman–Crippen LogP) is 2.44. The van der Waals surface area contributed by atoms with E-state index in [-0.39, 0.29) is 11.9 Å². The molecule has 0 aromatic heterocycles. The van der Waals surface area contributed by atoms with Gasteiger partial charge in [-0.05, 0) is 25.0 Å². The maximum absolute atomic E-state index is 12.3. The maximum Gasteiger partial charge on any atom is 0.237 e. The van der Waals surface area contributed by atoms with Crippen molar-refractivity contribution in [2.75, 3.05) is 7.11 Å². The smallest absolute Gasteiger partial charge is 0.237 e. The highest BCUT2D eigenvalue weighted by Gasteiger charge is 2.18. The van der Waals surface area contributed by atoms with Crippen LogP contribution < -0.4 is 15.8 Å². The van der Waals surface area contributed by atoms with E-state index in [0.717, 1.165) is 16.9 Å². The van der Waals surface area contributed by atoms with Gasteiger partial charge in [0.25, 0.3) is 0 Å². The quantitative estimate of drug-likeness (QED) is 0.861. The van der Waals surface area contributed by atoms with Crippen LogP contribution in [-0.4, -0.2) is 19.1 Å². The topological polar surface area (TPSA) is 64.3 Å². The van der Waals surface area contributed by atoms with Crippen molar-refractivity contribution >= 4 is 5.91 Å². The normalized spacial score (nSPS) is 13.2. The van der Waals surface area contributed by atoms with Crippen LogP contribution in [0.3, 0.4) is 0 Å². The zero-order chi connectivity index (χ0) is 15.9. The van der Waals surface area contributed by atoms with Gasteiger partial charge in [-0.2, -0.15) is 0 Å². The Morgan fingerprint density at radius 2 is 1.77 bits per heavy atom. The molecule has 2 atom stereocenters. The summed E-state index contributed by atoms with van der Waals surface area (Å²) in [5.74, 6) is 0.592. The van der Waals surface area contributed by atoms with E-state index in [1.165, 1.54) is 0 Å². The number of rotatable bonds is 6. The van der Waals surface area contributed by atoms with Gasteiger partial charge in [-0.15, -0.1) is 0 Å². The lowest BCUT2D eigenvalue weighted by atomic mass is 10.0. The summed E-state index contributed by atoms with van der Waals surface area (Å²) < 4.78 is 5.32. The van der Waals surface area contributed by atoms with Crippen LogP contribution in [0.15, 0.2) is 54.6 Å². The molecule has 2 aromatic carbocycles. The summed E-state index contributed by atoms with van der Waals surface area (Å²) in [7, 11) is 1.62. The molecule has 4 nitrogen and oxygen atoms in total. The lowest BCUT2D eigenvalue weighted by Gasteiger charge is -2.19. The number of carbonyl (C=O) groups is 1. The summed E-state index contributed by atoms with van der Waals surface area (Å²) in [4.78, 5) is 12.3. The predicted molar refractivity (Wildman–Crippen MR) is 87.7 cm³/mol. The monoisotopic (exact) mass is 298 g/mol. The third kappa shape index (κ3) is 4.09. The molecule has 3 N–H and O–H groups in total. The summed E-state index contributed by atoms with van der Waals surface area (Å²) in [6.45, 7) is 1.92. The number of para-hydroxylation sites is 1. The number of amides is 1. The number of hydrogen-bond acceptors (Lipinski definition) is 3. The van der Waals surface area contributed by atoms with Crippen LogP contribution in [-0.2, 0) is 11.2 Å². The average Bonchev–Trinajstić information content (AvgIpc) is 2.55. The fraction of sp³-hybridized carbons (Fsp3) is 0.278. The van der Waals surface area contributed by atoms with Crippen LogP contribution in [0.4, 0.5) is 0 Å². The minimum Gasteiger partial charge on any atom is -0.496 e. The molecular formula is C18H22N2O2. The molecule has 4 heteroatoms. The molecule has 2 aromatic rings. The summed E-state index contributed by atoms with van der Waals surface area (Å²) in [6, 6.07) is 16.7. The van der Waals surface area contributed by atoms with Crippen molar-refractivity contribution in [1.82, 2.24) is 5.32 Å². The fourth-order valence-electron chi connectivity index (χ4n) is 2.38. The van der Waals surface area contributed by atoms with Crippen molar-refractivity contribution in [1.29, 1.82) is 0 Å². The van der Waals surface area contributed by atoms with Crippen molar-refractivity contribution in [2.45, 2.75) is 25.4 Å². The Kier molecular flexibility index (Phi) is 5.55. The Labute approximate surface area is 131 Å². The number of nitrogens with one attached hydrogen (secondary N) is 1. The van der Waals surface area contributed by atoms with Gasteiger partial charge in [0.1, 0.15) is 5.75 Å². The molecular weight excluding hydrogens is 276 g/mol. The van der Waals surface area contributed by atoms with Crippen LogP contribution in [0.2, 0.25) is 0 Å². The second-order valence-corrected chi connectivity index (χ2v) is 5.27. The number of carbonyl (C=O) groups excluding carboxylic acids is 1. The van der Waals surface area contributed by atoms with Crippen molar-refractivity contribution in [3.8, 4) is 5.75 Å². The molecule has 0 bridgehead atoms. The van der Waals surface area contributed by atoms with E-state index in [1.807, 2.05) is 61.5 Å². The van der Waals surface area contributed by atoms with E-state index in [1.54, 1.807) is 7.11 Å². The van der Waals surface area contributed by atoms with E-state index in [2.05, 4.69) is 5.32 Å². The van der Waals surface area contributed by atoms with Gasteiger partial charge in [-0.3, -0.25) is 4.79 Å². The van der Waals surface area contributed by atoms with Crippen LogP contribution in [0, 0.1) is 0 Å². The molecule has 0 fully saturated rings. The number of benzene rings is 2. The minimum atomic E-state index is -0.570. The highest BCUT2D eigenvalue weighted by molar-refractivity contribution is 5.82. The summed E-state index contributed by atoms with van der Waals surface area (Å²) in [5.41, 5.74) is 7.99. The van der Waals surface area contributed by atoms with E-state index in [0.29, 0.717) is 6.42 Å². The van der Waals surface area contributed by atoms with E-state index in [4.69, 9.17) is 10.5 Å². The van der Waals surface area contributed by atoms with Crippen molar-refractivity contribution in [3.05, 3.63) is 65.7 Å². The summed E-state index contributed by atoms with van der Waals surface area (Å²) >= 11 is 0. The Morgan fingerprint density at radius 1 is 1.14 bits per heavy atom. The highest BCUT2D eigenvalue weighted by atomic mass is 16.5. The number of hydrogen-bond donors (Lipinski definition) is 2. The van der Waals surface area contributed by atoms with Crippen LogP contribution in [0.25, 0.3) is 0 Å². The van der Waals surface area contributed by atoms with E-state index >= 15 is 0 Å². The second kappa shape index (κ2) is 7.61. The highest BCUT2D eigenvalue weighted by Crippen LogP contribution is 2.24. The molecule has 1 amide bonds. The first-order valence-corrected chi connectivity index (χ1v) is 7.34. The van der Waals surface area contributed by atoms with Gasteiger partial charge in [-0.1, -0.05) is 48.5 Å². The molecule has 2 unspecified atom stereocenters. The Hall–Kier alpha value is -2.33. The zero-order valence-corrected chi connectivity index (χ0v) is 13.0. The molecule has 0 aliphatic rings. The average molecular weight is 298 g/mol. The molecule has 0 aliphatic heterocycles. The van der Waals surface area contributed by atoms with Gasteiger partial charge >= 0.3 is 0 Å². The van der Waals surface area contributed by atoms with Crippen molar-refractivity contribution < 1.29 is 9.53 Å². The zero-order valence-electron chi connectivity index (χ0n) is 13.0. The van der Waals surface area contributed by atoms with Crippen molar-refractivity contribution in [3.63, 3.8) is 0 Å². The molecule has 0 saturated carbocycles. The van der Waals surface area contributed by atoms with E-state index in [9.17, 15) is 4.79 Å². The first kappa shape index (κ1) is 16.0. The Balaban J connectivity index is 1.98. The molecule has 2 rings (SSSR count). The fourth-order valence-corrected chi connectivity index (χ4v) is 2.38. The van der Waals surface area contributed by atoms with E-state index < -0.39 is 6.04 Å². The first-order chi connectivity index (χ1) is 10.6. The lowest BCUT2D eigenvalue weighted by molar-refractivity contribution is -0.123. The molecule has 0 saturated heterocycles. The molecule has 22 heavy (non-hydrogen) atoms. The maximum atomic E-state index is 12.3. The molecule has 0 spiro atoms. The molecule has 116 valence electrons. The van der Waals surface area contributed by atoms with Gasteiger partial charge < -0.3 is 15.8 Å². The SMILES string of the molecule is COc1ccccc1C(C)NC(=O)C(N)Cc1ccccc1. The van der Waals surface area contributed by atoms with Gasteiger partial charge in [0, 0.05) is 5.56 Å². The molecule has 0 radical (unpaired) electrons. The number of methoxy groups -OCH3 is 1. The third-order valence-electron chi connectivity index (χ3n) is 3.60. The largest absolute Gasteiger partial charge is 0.496 e. The minimum absolute atomic E-state index is 0.162. The Bertz CT molecular complexity index is 613. The van der Waals surface area contributed by atoms with Crippen molar-refractivity contribution in [2.24, 2.45) is 5.73 Å². The first-order valence-electron chi connectivity index (χ1n) is 7.34. The Morgan fingerprint density at radius 3 is 2.45 bits per heavy atom. The van der Waals surface area contributed by atoms with Gasteiger partial charge in [-0.25, -0.2) is 0 Å². The molecule has 0 heterocycles. The lowest BCUT2D eigenvalue weighted by Crippen LogP contribution is -2.43.